The zero-order valence-electron chi connectivity index (χ0n) is 8.41. The van der Waals surface area contributed by atoms with Crippen LogP contribution in [0, 0.1) is 17.3 Å². The summed E-state index contributed by atoms with van der Waals surface area (Å²) in [5.74, 6) is 2.68. The molecule has 0 aromatic heterocycles. The third kappa shape index (κ3) is 2.50. The van der Waals surface area contributed by atoms with Crippen molar-refractivity contribution in [3.8, 4) is 0 Å². The van der Waals surface area contributed by atoms with Crippen LogP contribution in [0.4, 0.5) is 0 Å². The van der Waals surface area contributed by atoms with Gasteiger partial charge in [-0.15, -0.1) is 0 Å². The minimum atomic E-state index is 0.542. The van der Waals surface area contributed by atoms with E-state index in [0.717, 1.165) is 5.92 Å². The van der Waals surface area contributed by atoms with Crippen molar-refractivity contribution >= 4 is 0 Å². The van der Waals surface area contributed by atoms with Crippen LogP contribution in [-0.4, -0.2) is 0 Å². The Kier molecular flexibility index (Phi) is 2.61. The Morgan fingerprint density at radius 3 is 1.91 bits per heavy atom. The average Bonchev–Trinajstić information content (AvgIpc) is 1.86. The lowest BCUT2D eigenvalue weighted by Crippen LogP contribution is -2.24. The van der Waals surface area contributed by atoms with Gasteiger partial charge in [-0.2, -0.15) is 0 Å². The predicted molar refractivity (Wildman–Crippen MR) is 50.3 cm³/mol. The third-order valence-corrected chi connectivity index (χ3v) is 3.06. The van der Waals surface area contributed by atoms with Crippen LogP contribution in [-0.2, 0) is 0 Å². The van der Waals surface area contributed by atoms with Gasteiger partial charge in [-0.25, -0.2) is 0 Å². The minimum Gasteiger partial charge on any atom is -0.0599 e. The maximum Gasteiger partial charge on any atom is -0.0272 e. The third-order valence-electron chi connectivity index (χ3n) is 3.06. The summed E-state index contributed by atoms with van der Waals surface area (Å²) >= 11 is 0. The SMILES string of the molecule is C[C]1CCC(C(C)(C)C)CC1. The number of hydrogen-bond donors (Lipinski definition) is 0. The Labute approximate surface area is 71.4 Å². The molecule has 0 aromatic carbocycles. The van der Waals surface area contributed by atoms with Gasteiger partial charge in [-0.3, -0.25) is 0 Å². The van der Waals surface area contributed by atoms with E-state index in [1.807, 2.05) is 0 Å². The Morgan fingerprint density at radius 1 is 1.09 bits per heavy atom. The molecule has 0 N–H and O–H groups in total. The lowest BCUT2D eigenvalue weighted by molar-refractivity contribution is 0.188. The molecule has 1 radical (unpaired) electrons. The zero-order valence-corrected chi connectivity index (χ0v) is 8.41. The van der Waals surface area contributed by atoms with Crippen LogP contribution in [0.25, 0.3) is 0 Å². The number of hydrogen-bond acceptors (Lipinski definition) is 0. The Balaban J connectivity index is 2.39. The molecule has 0 atom stereocenters. The molecule has 0 saturated heterocycles. The van der Waals surface area contributed by atoms with Gasteiger partial charge in [0.2, 0.25) is 0 Å². The van der Waals surface area contributed by atoms with Crippen LogP contribution in [0.2, 0.25) is 0 Å². The second-order valence-corrected chi connectivity index (χ2v) is 5.10. The smallest absolute Gasteiger partial charge is 0.0272 e. The van der Waals surface area contributed by atoms with E-state index >= 15 is 0 Å². The van der Waals surface area contributed by atoms with Crippen molar-refractivity contribution < 1.29 is 0 Å². The van der Waals surface area contributed by atoms with Gasteiger partial charge < -0.3 is 0 Å². The van der Waals surface area contributed by atoms with Crippen LogP contribution in [0.1, 0.15) is 53.4 Å². The Morgan fingerprint density at radius 2 is 1.55 bits per heavy atom. The fraction of sp³-hybridized carbons (Fsp3) is 0.909. The highest BCUT2D eigenvalue weighted by Crippen LogP contribution is 2.40. The second kappa shape index (κ2) is 3.16. The minimum absolute atomic E-state index is 0.542. The van der Waals surface area contributed by atoms with Crippen molar-refractivity contribution in [2.75, 3.05) is 0 Å². The van der Waals surface area contributed by atoms with Gasteiger partial charge in [0.05, 0.1) is 0 Å². The maximum absolute atomic E-state index is 2.37. The standard InChI is InChI=1S/C11H21/c1-9-5-7-10(8-6-9)11(2,3)4/h10H,5-8H2,1-4H3. The van der Waals surface area contributed by atoms with E-state index in [1.165, 1.54) is 25.7 Å². The maximum atomic E-state index is 2.37. The molecule has 1 aliphatic rings. The zero-order chi connectivity index (χ0) is 8.48. The topological polar surface area (TPSA) is 0 Å². The lowest BCUT2D eigenvalue weighted by atomic mass is 9.70. The van der Waals surface area contributed by atoms with Crippen LogP contribution >= 0.6 is 0 Å². The van der Waals surface area contributed by atoms with Gasteiger partial charge in [0, 0.05) is 0 Å². The molecule has 0 unspecified atom stereocenters. The quantitative estimate of drug-likeness (QED) is 0.496. The van der Waals surface area contributed by atoms with Crippen molar-refractivity contribution in [3.63, 3.8) is 0 Å². The molecule has 0 spiro atoms. The van der Waals surface area contributed by atoms with Crippen molar-refractivity contribution in [2.24, 2.45) is 11.3 Å². The van der Waals surface area contributed by atoms with Gasteiger partial charge in [0.25, 0.3) is 0 Å². The first-order valence-electron chi connectivity index (χ1n) is 4.81. The van der Waals surface area contributed by atoms with E-state index in [1.54, 1.807) is 5.92 Å². The van der Waals surface area contributed by atoms with E-state index in [4.69, 9.17) is 0 Å². The van der Waals surface area contributed by atoms with Crippen LogP contribution in [0.3, 0.4) is 0 Å². The van der Waals surface area contributed by atoms with Crippen molar-refractivity contribution in [1.29, 1.82) is 0 Å². The molecule has 0 heterocycles. The van der Waals surface area contributed by atoms with Crippen molar-refractivity contribution in [1.82, 2.24) is 0 Å². The average molecular weight is 153 g/mol. The monoisotopic (exact) mass is 153 g/mol. The molecule has 0 amide bonds. The predicted octanol–water partition coefficient (Wildman–Crippen LogP) is 3.82. The Hall–Kier alpha value is 0. The molecule has 11 heavy (non-hydrogen) atoms. The van der Waals surface area contributed by atoms with Crippen molar-refractivity contribution in [2.45, 2.75) is 53.4 Å². The highest BCUT2D eigenvalue weighted by atomic mass is 14.3. The summed E-state index contributed by atoms with van der Waals surface area (Å²) in [6.45, 7) is 9.42. The van der Waals surface area contributed by atoms with E-state index in [0.29, 0.717) is 5.41 Å². The molecule has 1 rings (SSSR count). The van der Waals surface area contributed by atoms with Crippen LogP contribution in [0.5, 0.6) is 0 Å². The highest BCUT2D eigenvalue weighted by molar-refractivity contribution is 4.92. The first-order chi connectivity index (χ1) is 5.00. The van der Waals surface area contributed by atoms with E-state index in [-0.39, 0.29) is 0 Å². The molecule has 0 nitrogen and oxygen atoms in total. The summed E-state index contributed by atoms with van der Waals surface area (Å²) in [7, 11) is 0. The summed E-state index contributed by atoms with van der Waals surface area (Å²) in [4.78, 5) is 0. The largest absolute Gasteiger partial charge is 0.0599 e. The molecule has 65 valence electrons. The summed E-state index contributed by atoms with van der Waals surface area (Å²) < 4.78 is 0. The molecule has 0 aliphatic heterocycles. The second-order valence-electron chi connectivity index (χ2n) is 5.10. The van der Waals surface area contributed by atoms with E-state index in [9.17, 15) is 0 Å². The van der Waals surface area contributed by atoms with E-state index in [2.05, 4.69) is 27.7 Å². The van der Waals surface area contributed by atoms with Gasteiger partial charge in [-0.1, -0.05) is 27.7 Å². The normalized spacial score (nSPS) is 24.0. The van der Waals surface area contributed by atoms with Gasteiger partial charge in [0.15, 0.2) is 0 Å². The Bertz CT molecular complexity index is 110. The van der Waals surface area contributed by atoms with E-state index < -0.39 is 0 Å². The molecule has 0 bridgehead atoms. The summed E-state index contributed by atoms with van der Waals surface area (Å²) in [6, 6.07) is 0. The van der Waals surface area contributed by atoms with Gasteiger partial charge in [-0.05, 0) is 42.9 Å². The summed E-state index contributed by atoms with van der Waals surface area (Å²) in [5.41, 5.74) is 0.542. The summed E-state index contributed by atoms with van der Waals surface area (Å²) in [5, 5.41) is 0. The lowest BCUT2D eigenvalue weighted by Gasteiger charge is -2.35. The first kappa shape index (κ1) is 9.09. The number of rotatable bonds is 0. The fourth-order valence-corrected chi connectivity index (χ4v) is 1.98. The molecule has 1 fully saturated rings. The molecule has 0 aromatic rings. The van der Waals surface area contributed by atoms with Crippen LogP contribution < -0.4 is 0 Å². The first-order valence-corrected chi connectivity index (χ1v) is 4.81. The molecular formula is C11H21. The van der Waals surface area contributed by atoms with Gasteiger partial charge in [0.1, 0.15) is 0 Å². The highest BCUT2D eigenvalue weighted by Gasteiger charge is 2.28. The van der Waals surface area contributed by atoms with Crippen molar-refractivity contribution in [3.05, 3.63) is 5.92 Å². The molecule has 1 aliphatic carbocycles. The van der Waals surface area contributed by atoms with Gasteiger partial charge >= 0.3 is 0 Å². The summed E-state index contributed by atoms with van der Waals surface area (Å²) in [6.07, 6.45) is 5.61. The molecular weight excluding hydrogens is 132 g/mol. The molecule has 0 heteroatoms. The fourth-order valence-electron chi connectivity index (χ4n) is 1.98. The van der Waals surface area contributed by atoms with Crippen LogP contribution in [0.15, 0.2) is 0 Å². The molecule has 1 saturated carbocycles.